The SMILES string of the molecule is Cc1ccc(C(=O)NC(=S)Nc2ccc3oc(-c4cc(I)ccc4Br)nc3c2)cc1Cl. The number of anilines is 1. The molecule has 2 N–H and O–H groups in total. The van der Waals surface area contributed by atoms with Gasteiger partial charge in [0.2, 0.25) is 5.89 Å². The highest BCUT2D eigenvalue weighted by Crippen LogP contribution is 2.32. The molecule has 3 aromatic carbocycles. The van der Waals surface area contributed by atoms with Gasteiger partial charge in [0.1, 0.15) is 5.52 Å². The number of carbonyl (C=O) groups is 1. The number of nitrogens with zero attached hydrogens (tertiary/aromatic N) is 1. The lowest BCUT2D eigenvalue weighted by atomic mass is 10.1. The third kappa shape index (κ3) is 5.08. The molecule has 0 spiro atoms. The highest BCUT2D eigenvalue weighted by atomic mass is 127. The van der Waals surface area contributed by atoms with Crippen LogP contribution >= 0.6 is 62.3 Å². The van der Waals surface area contributed by atoms with Crippen molar-refractivity contribution in [3.63, 3.8) is 0 Å². The van der Waals surface area contributed by atoms with E-state index in [4.69, 9.17) is 28.2 Å². The minimum atomic E-state index is -0.340. The van der Waals surface area contributed by atoms with Gasteiger partial charge in [-0.25, -0.2) is 4.98 Å². The number of fused-ring (bicyclic) bond motifs is 1. The summed E-state index contributed by atoms with van der Waals surface area (Å²) in [5, 5.41) is 6.36. The van der Waals surface area contributed by atoms with E-state index in [0.29, 0.717) is 33.3 Å². The average Bonchev–Trinajstić information content (AvgIpc) is 3.14. The van der Waals surface area contributed by atoms with E-state index in [1.807, 2.05) is 37.3 Å². The third-order valence-electron chi connectivity index (χ3n) is 4.47. The fourth-order valence-electron chi connectivity index (χ4n) is 2.85. The molecule has 4 aromatic rings. The average molecular weight is 627 g/mol. The van der Waals surface area contributed by atoms with Crippen molar-refractivity contribution in [2.24, 2.45) is 0 Å². The zero-order valence-electron chi connectivity index (χ0n) is 16.0. The van der Waals surface area contributed by atoms with Crippen LogP contribution in [0.2, 0.25) is 5.02 Å². The minimum Gasteiger partial charge on any atom is -0.436 e. The molecular formula is C22H14BrClIN3O2S. The van der Waals surface area contributed by atoms with Crippen molar-refractivity contribution in [3.8, 4) is 11.5 Å². The molecule has 1 amide bonds. The number of nitrogens with one attached hydrogen (secondary N) is 2. The van der Waals surface area contributed by atoms with Gasteiger partial charge in [0.25, 0.3) is 5.91 Å². The van der Waals surface area contributed by atoms with Crippen LogP contribution < -0.4 is 10.6 Å². The predicted molar refractivity (Wildman–Crippen MR) is 140 cm³/mol. The maximum absolute atomic E-state index is 12.4. The molecule has 0 atom stereocenters. The van der Waals surface area contributed by atoms with Gasteiger partial charge in [-0.3, -0.25) is 10.1 Å². The summed E-state index contributed by atoms with van der Waals surface area (Å²) in [5.41, 5.74) is 4.20. The van der Waals surface area contributed by atoms with Gasteiger partial charge in [0.05, 0.1) is 5.56 Å². The molecule has 0 aliphatic rings. The van der Waals surface area contributed by atoms with Gasteiger partial charge in [-0.1, -0.05) is 17.7 Å². The molecule has 156 valence electrons. The Morgan fingerprint density at radius 2 is 1.97 bits per heavy atom. The van der Waals surface area contributed by atoms with E-state index in [-0.39, 0.29) is 11.0 Å². The number of hydrogen-bond acceptors (Lipinski definition) is 4. The molecule has 0 aliphatic heterocycles. The molecule has 0 saturated carbocycles. The summed E-state index contributed by atoms with van der Waals surface area (Å²) in [6, 6.07) is 16.5. The lowest BCUT2D eigenvalue weighted by Gasteiger charge is -2.10. The standard InChI is InChI=1S/C22H14BrClIN3O2S/c1-11-2-3-12(8-17(11)24)20(29)28-22(31)26-14-5-7-19-18(10-14)27-21(30-19)15-9-13(25)4-6-16(15)23/h2-10H,1H3,(H2,26,28,29,31). The van der Waals surface area contributed by atoms with Gasteiger partial charge in [0.15, 0.2) is 10.7 Å². The van der Waals surface area contributed by atoms with Crippen LogP contribution in [0.15, 0.2) is 63.5 Å². The Kier molecular flexibility index (Phi) is 6.61. The van der Waals surface area contributed by atoms with Crippen LogP contribution in [0.5, 0.6) is 0 Å². The summed E-state index contributed by atoms with van der Waals surface area (Å²) in [5.74, 6) is 0.178. The molecule has 31 heavy (non-hydrogen) atoms. The van der Waals surface area contributed by atoms with E-state index in [0.717, 1.165) is 19.2 Å². The van der Waals surface area contributed by atoms with Crippen LogP contribution in [-0.2, 0) is 0 Å². The quantitative estimate of drug-likeness (QED) is 0.190. The summed E-state index contributed by atoms with van der Waals surface area (Å²) >= 11 is 17.2. The van der Waals surface area contributed by atoms with Crippen LogP contribution in [0.1, 0.15) is 15.9 Å². The van der Waals surface area contributed by atoms with Gasteiger partial charge in [-0.15, -0.1) is 0 Å². The van der Waals surface area contributed by atoms with Crippen LogP contribution in [0.3, 0.4) is 0 Å². The van der Waals surface area contributed by atoms with E-state index in [1.165, 1.54) is 0 Å². The number of thiocarbonyl (C=S) groups is 1. The predicted octanol–water partition coefficient (Wildman–Crippen LogP) is 6.95. The Balaban J connectivity index is 1.50. The van der Waals surface area contributed by atoms with Crippen molar-refractivity contribution in [2.45, 2.75) is 6.92 Å². The minimum absolute atomic E-state index is 0.171. The second-order valence-electron chi connectivity index (χ2n) is 6.70. The molecular weight excluding hydrogens is 613 g/mol. The molecule has 0 saturated heterocycles. The molecule has 9 heteroatoms. The summed E-state index contributed by atoms with van der Waals surface area (Å²) in [6.45, 7) is 1.87. The molecule has 0 bridgehead atoms. The molecule has 0 aliphatic carbocycles. The second-order valence-corrected chi connectivity index (χ2v) is 9.61. The van der Waals surface area contributed by atoms with Gasteiger partial charge in [0, 0.05) is 24.3 Å². The monoisotopic (exact) mass is 625 g/mol. The summed E-state index contributed by atoms with van der Waals surface area (Å²) in [4.78, 5) is 17.0. The first-order valence-corrected chi connectivity index (χ1v) is 11.7. The number of carbonyl (C=O) groups excluding carboxylic acids is 1. The van der Waals surface area contributed by atoms with Crippen LogP contribution in [0.4, 0.5) is 5.69 Å². The third-order valence-corrected chi connectivity index (χ3v) is 6.44. The van der Waals surface area contributed by atoms with Crippen molar-refractivity contribution in [3.05, 3.63) is 78.8 Å². The summed E-state index contributed by atoms with van der Waals surface area (Å²) < 4.78 is 7.89. The highest BCUT2D eigenvalue weighted by molar-refractivity contribution is 14.1. The maximum atomic E-state index is 12.4. The fourth-order valence-corrected chi connectivity index (χ4v) is 4.15. The number of aromatic nitrogens is 1. The molecule has 0 fully saturated rings. The Bertz CT molecular complexity index is 1340. The van der Waals surface area contributed by atoms with E-state index >= 15 is 0 Å². The van der Waals surface area contributed by atoms with Crippen LogP contribution in [-0.4, -0.2) is 16.0 Å². The fraction of sp³-hybridized carbons (Fsp3) is 0.0455. The van der Waals surface area contributed by atoms with Crippen molar-refractivity contribution >= 4 is 90.1 Å². The Morgan fingerprint density at radius 3 is 2.74 bits per heavy atom. The zero-order valence-corrected chi connectivity index (χ0v) is 21.3. The lowest BCUT2D eigenvalue weighted by Crippen LogP contribution is -2.34. The highest BCUT2D eigenvalue weighted by Gasteiger charge is 2.14. The zero-order chi connectivity index (χ0) is 22.1. The van der Waals surface area contributed by atoms with Gasteiger partial charge >= 0.3 is 0 Å². The van der Waals surface area contributed by atoms with Gasteiger partial charge in [-0.05, 0) is 112 Å². The van der Waals surface area contributed by atoms with Crippen LogP contribution in [0, 0.1) is 10.5 Å². The first kappa shape index (κ1) is 22.2. The topological polar surface area (TPSA) is 67.2 Å². The van der Waals surface area contributed by atoms with Crippen molar-refractivity contribution in [1.82, 2.24) is 10.3 Å². The number of oxazole rings is 1. The number of aryl methyl sites for hydroxylation is 1. The smallest absolute Gasteiger partial charge is 0.257 e. The molecule has 5 nitrogen and oxygen atoms in total. The molecule has 0 radical (unpaired) electrons. The normalized spacial score (nSPS) is 10.8. The Morgan fingerprint density at radius 1 is 1.16 bits per heavy atom. The number of hydrogen-bond donors (Lipinski definition) is 2. The molecule has 0 unspecified atom stereocenters. The first-order chi connectivity index (χ1) is 14.8. The molecule has 4 rings (SSSR count). The van der Waals surface area contributed by atoms with E-state index in [2.05, 4.69) is 54.1 Å². The Labute approximate surface area is 210 Å². The van der Waals surface area contributed by atoms with Gasteiger partial charge < -0.3 is 9.73 Å². The number of halogens is 3. The Hall–Kier alpha value is -2.01. The molecule has 1 heterocycles. The molecule has 1 aromatic heterocycles. The van der Waals surface area contributed by atoms with E-state index < -0.39 is 0 Å². The number of rotatable bonds is 3. The van der Waals surface area contributed by atoms with E-state index in [1.54, 1.807) is 24.3 Å². The first-order valence-electron chi connectivity index (χ1n) is 9.04. The number of benzene rings is 3. The largest absolute Gasteiger partial charge is 0.436 e. The maximum Gasteiger partial charge on any atom is 0.257 e. The summed E-state index contributed by atoms with van der Waals surface area (Å²) in [7, 11) is 0. The van der Waals surface area contributed by atoms with Crippen molar-refractivity contribution < 1.29 is 9.21 Å². The van der Waals surface area contributed by atoms with Gasteiger partial charge in [-0.2, -0.15) is 0 Å². The lowest BCUT2D eigenvalue weighted by molar-refractivity contribution is 0.0977. The number of amides is 1. The van der Waals surface area contributed by atoms with Crippen molar-refractivity contribution in [1.29, 1.82) is 0 Å². The second kappa shape index (κ2) is 9.23. The summed E-state index contributed by atoms with van der Waals surface area (Å²) in [6.07, 6.45) is 0. The van der Waals surface area contributed by atoms with Crippen LogP contribution in [0.25, 0.3) is 22.6 Å². The van der Waals surface area contributed by atoms with E-state index in [9.17, 15) is 4.79 Å². The van der Waals surface area contributed by atoms with Crippen molar-refractivity contribution in [2.75, 3.05) is 5.32 Å².